The van der Waals surface area contributed by atoms with Crippen molar-refractivity contribution in [2.75, 3.05) is 0 Å². The van der Waals surface area contributed by atoms with E-state index in [1.807, 2.05) is 23.6 Å². The first-order valence-corrected chi connectivity index (χ1v) is 4.83. The first-order chi connectivity index (χ1) is 5.86. The van der Waals surface area contributed by atoms with Crippen molar-refractivity contribution in [1.29, 1.82) is 0 Å². The highest BCUT2D eigenvalue weighted by molar-refractivity contribution is 7.12. The fourth-order valence-electron chi connectivity index (χ4n) is 1.24. The topological polar surface area (TPSA) is 12.0 Å². The van der Waals surface area contributed by atoms with E-state index >= 15 is 0 Å². The molecule has 1 N–H and O–H groups in total. The maximum atomic E-state index is 3.29. The number of hydrogen-bond donors (Lipinski definition) is 1. The van der Waals surface area contributed by atoms with Crippen molar-refractivity contribution in [2.24, 2.45) is 0 Å². The van der Waals surface area contributed by atoms with Gasteiger partial charge >= 0.3 is 0 Å². The molecule has 0 saturated heterocycles. The summed E-state index contributed by atoms with van der Waals surface area (Å²) in [6.07, 6.45) is 8.25. The van der Waals surface area contributed by atoms with Crippen LogP contribution < -0.4 is 5.32 Å². The molecule has 0 aromatic carbocycles. The number of rotatable bonds is 1. The van der Waals surface area contributed by atoms with Gasteiger partial charge in [-0.3, -0.25) is 0 Å². The fraction of sp³-hybridized carbons (Fsp3) is 0.200. The van der Waals surface area contributed by atoms with E-state index in [0.29, 0.717) is 6.04 Å². The Morgan fingerprint density at radius 1 is 1.33 bits per heavy atom. The molecule has 1 atom stereocenters. The van der Waals surface area contributed by atoms with Gasteiger partial charge in [-0.2, -0.15) is 0 Å². The maximum Gasteiger partial charge on any atom is 0.0788 e. The Balaban J connectivity index is 2.20. The van der Waals surface area contributed by atoms with Gasteiger partial charge in [0.15, 0.2) is 0 Å². The molecular weight excluding hydrogens is 166 g/mol. The van der Waals surface area contributed by atoms with Gasteiger partial charge in [0.25, 0.3) is 0 Å². The smallest absolute Gasteiger partial charge is 0.0788 e. The Hall–Kier alpha value is -1.02. The molecule has 12 heavy (non-hydrogen) atoms. The summed E-state index contributed by atoms with van der Waals surface area (Å²) in [5, 5.41) is 3.29. The van der Waals surface area contributed by atoms with Gasteiger partial charge in [0.1, 0.15) is 0 Å². The van der Waals surface area contributed by atoms with Crippen molar-refractivity contribution in [3.05, 3.63) is 46.3 Å². The van der Waals surface area contributed by atoms with Crippen LogP contribution in [0.2, 0.25) is 0 Å². The molecule has 1 nitrogen and oxygen atoms in total. The zero-order chi connectivity index (χ0) is 8.39. The summed E-state index contributed by atoms with van der Waals surface area (Å²) in [5.74, 6) is 0. The van der Waals surface area contributed by atoms with Gasteiger partial charge in [-0.15, -0.1) is 11.3 Å². The third-order valence-corrected chi connectivity index (χ3v) is 2.94. The molecule has 0 spiro atoms. The van der Waals surface area contributed by atoms with Crippen LogP contribution in [-0.2, 0) is 0 Å². The zero-order valence-corrected chi connectivity index (χ0v) is 7.77. The minimum atomic E-state index is 0.383. The molecule has 0 saturated carbocycles. The predicted molar refractivity (Wildman–Crippen MR) is 53.2 cm³/mol. The van der Waals surface area contributed by atoms with Crippen LogP contribution >= 0.6 is 11.3 Å². The molecule has 2 rings (SSSR count). The van der Waals surface area contributed by atoms with E-state index < -0.39 is 0 Å². The Labute approximate surface area is 76.4 Å². The fourth-order valence-corrected chi connectivity index (χ4v) is 2.16. The van der Waals surface area contributed by atoms with Gasteiger partial charge in [0.2, 0.25) is 0 Å². The standard InChI is InChI=1S/C10H11NS/c1-8-5-6-10(12-8)9-4-2-3-7-11-9/h2-7,9,11H,1H3. The number of dihydropyridines is 1. The Morgan fingerprint density at radius 2 is 2.25 bits per heavy atom. The summed E-state index contributed by atoms with van der Waals surface area (Å²) in [6, 6.07) is 4.73. The lowest BCUT2D eigenvalue weighted by Crippen LogP contribution is -2.13. The molecule has 1 aliphatic rings. The van der Waals surface area contributed by atoms with E-state index in [-0.39, 0.29) is 0 Å². The summed E-state index contributed by atoms with van der Waals surface area (Å²) in [6.45, 7) is 2.14. The molecule has 1 aromatic rings. The van der Waals surface area contributed by atoms with Gasteiger partial charge in [-0.05, 0) is 31.3 Å². The van der Waals surface area contributed by atoms with Crippen LogP contribution in [0.1, 0.15) is 15.8 Å². The number of aryl methyl sites for hydroxylation is 1. The summed E-state index contributed by atoms with van der Waals surface area (Å²) >= 11 is 1.85. The summed E-state index contributed by atoms with van der Waals surface area (Å²) in [7, 11) is 0. The molecule has 62 valence electrons. The maximum absolute atomic E-state index is 3.29. The van der Waals surface area contributed by atoms with Gasteiger partial charge in [-0.25, -0.2) is 0 Å². The monoisotopic (exact) mass is 177 g/mol. The third kappa shape index (κ3) is 1.43. The molecule has 2 heterocycles. The molecule has 1 aromatic heterocycles. The first-order valence-electron chi connectivity index (χ1n) is 4.02. The van der Waals surface area contributed by atoms with Crippen molar-refractivity contribution in [3.8, 4) is 0 Å². The predicted octanol–water partition coefficient (Wildman–Crippen LogP) is 2.77. The van der Waals surface area contributed by atoms with Gasteiger partial charge in [-0.1, -0.05) is 12.2 Å². The van der Waals surface area contributed by atoms with Crippen LogP contribution in [0, 0.1) is 6.92 Å². The van der Waals surface area contributed by atoms with Crippen LogP contribution in [0.25, 0.3) is 0 Å². The quantitative estimate of drug-likeness (QED) is 0.695. The lowest BCUT2D eigenvalue weighted by molar-refractivity contribution is 0.761. The minimum Gasteiger partial charge on any atom is -0.380 e. The highest BCUT2D eigenvalue weighted by Crippen LogP contribution is 2.24. The number of allylic oxidation sites excluding steroid dienone is 2. The molecular formula is C10H11NS. The molecule has 0 radical (unpaired) electrons. The summed E-state index contributed by atoms with van der Waals surface area (Å²) < 4.78 is 0. The third-order valence-electron chi connectivity index (χ3n) is 1.85. The molecule has 0 bridgehead atoms. The summed E-state index contributed by atoms with van der Waals surface area (Å²) in [5.41, 5.74) is 0. The van der Waals surface area contributed by atoms with Gasteiger partial charge < -0.3 is 5.32 Å². The molecule has 1 unspecified atom stereocenters. The van der Waals surface area contributed by atoms with E-state index in [4.69, 9.17) is 0 Å². The Kier molecular flexibility index (Phi) is 2.00. The van der Waals surface area contributed by atoms with E-state index in [0.717, 1.165) is 0 Å². The second kappa shape index (κ2) is 3.15. The van der Waals surface area contributed by atoms with E-state index in [1.165, 1.54) is 9.75 Å². The van der Waals surface area contributed by atoms with Crippen molar-refractivity contribution < 1.29 is 0 Å². The first kappa shape index (κ1) is 7.62. The SMILES string of the molecule is Cc1ccc(C2C=CC=CN2)s1. The van der Waals surface area contributed by atoms with E-state index in [9.17, 15) is 0 Å². The van der Waals surface area contributed by atoms with Crippen LogP contribution in [-0.4, -0.2) is 0 Å². The number of nitrogens with one attached hydrogen (secondary N) is 1. The molecule has 0 amide bonds. The summed E-state index contributed by atoms with van der Waals surface area (Å²) in [4.78, 5) is 2.75. The molecule has 2 heteroatoms. The van der Waals surface area contributed by atoms with Crippen LogP contribution in [0.4, 0.5) is 0 Å². The van der Waals surface area contributed by atoms with Crippen molar-refractivity contribution in [3.63, 3.8) is 0 Å². The molecule has 1 aliphatic heterocycles. The largest absolute Gasteiger partial charge is 0.380 e. The van der Waals surface area contributed by atoms with Crippen LogP contribution in [0.3, 0.4) is 0 Å². The van der Waals surface area contributed by atoms with Crippen molar-refractivity contribution >= 4 is 11.3 Å². The Bertz CT molecular complexity index is 322. The van der Waals surface area contributed by atoms with Crippen molar-refractivity contribution in [1.82, 2.24) is 5.32 Å². The highest BCUT2D eigenvalue weighted by Gasteiger charge is 2.08. The number of thiophene rings is 1. The zero-order valence-electron chi connectivity index (χ0n) is 6.95. The van der Waals surface area contributed by atoms with Crippen LogP contribution in [0.5, 0.6) is 0 Å². The highest BCUT2D eigenvalue weighted by atomic mass is 32.1. The van der Waals surface area contributed by atoms with Gasteiger partial charge in [0.05, 0.1) is 6.04 Å². The minimum absolute atomic E-state index is 0.383. The second-order valence-electron chi connectivity index (χ2n) is 2.84. The van der Waals surface area contributed by atoms with Gasteiger partial charge in [0, 0.05) is 9.75 Å². The van der Waals surface area contributed by atoms with Crippen LogP contribution in [0.15, 0.2) is 36.6 Å². The second-order valence-corrected chi connectivity index (χ2v) is 4.16. The molecule has 0 aliphatic carbocycles. The average molecular weight is 177 g/mol. The Morgan fingerprint density at radius 3 is 2.83 bits per heavy atom. The molecule has 0 fully saturated rings. The lowest BCUT2D eigenvalue weighted by atomic mass is 10.2. The lowest BCUT2D eigenvalue weighted by Gasteiger charge is -2.13. The normalized spacial score (nSPS) is 20.9. The van der Waals surface area contributed by atoms with Crippen molar-refractivity contribution in [2.45, 2.75) is 13.0 Å². The number of hydrogen-bond acceptors (Lipinski definition) is 2. The van der Waals surface area contributed by atoms with E-state index in [2.05, 4.69) is 36.5 Å². The average Bonchev–Trinajstić information content (AvgIpc) is 2.54. The van der Waals surface area contributed by atoms with E-state index in [1.54, 1.807) is 0 Å².